The number of thiophene rings is 1. The van der Waals surface area contributed by atoms with Crippen LogP contribution in [0.3, 0.4) is 0 Å². The van der Waals surface area contributed by atoms with Crippen molar-refractivity contribution in [3.8, 4) is 10.8 Å². The summed E-state index contributed by atoms with van der Waals surface area (Å²) in [7, 11) is 0. The predicted octanol–water partition coefficient (Wildman–Crippen LogP) is 3.01. The molecule has 26 heavy (non-hydrogen) atoms. The molecule has 3 aromatic heterocycles. The summed E-state index contributed by atoms with van der Waals surface area (Å²) in [4.78, 5) is 29.4. The molecule has 1 aromatic carbocycles. The average Bonchev–Trinajstić information content (AvgIpc) is 3.37. The number of hydrogen-bond acceptors (Lipinski definition) is 8. The van der Waals surface area contributed by atoms with E-state index in [1.54, 1.807) is 31.2 Å². The molecular formula is C17H13N3O5S. The molecule has 4 aromatic rings. The monoisotopic (exact) mass is 371 g/mol. The number of oxazole rings is 1. The first-order chi connectivity index (χ1) is 12.6. The second-order valence-electron chi connectivity index (χ2n) is 5.48. The lowest BCUT2D eigenvalue weighted by molar-refractivity contribution is -0.148. The Morgan fingerprint density at radius 2 is 2.15 bits per heavy atom. The summed E-state index contributed by atoms with van der Waals surface area (Å²) in [6, 6.07) is 9.75. The number of rotatable bonds is 5. The number of para-hydroxylation sites is 2. The Hall–Kier alpha value is -3.20. The first kappa shape index (κ1) is 16.3. The molecule has 0 aliphatic carbocycles. The Bertz CT molecular complexity index is 1110. The third-order valence-corrected chi connectivity index (χ3v) is 4.65. The summed E-state index contributed by atoms with van der Waals surface area (Å²) in [6.07, 6.45) is 0. The average molecular weight is 371 g/mol. The van der Waals surface area contributed by atoms with E-state index in [4.69, 9.17) is 13.7 Å². The van der Waals surface area contributed by atoms with Crippen molar-refractivity contribution in [1.82, 2.24) is 14.7 Å². The van der Waals surface area contributed by atoms with E-state index in [0.29, 0.717) is 17.0 Å². The Morgan fingerprint density at radius 3 is 2.96 bits per heavy atom. The van der Waals surface area contributed by atoms with Gasteiger partial charge in [-0.3, -0.25) is 4.57 Å². The molecule has 0 amide bonds. The van der Waals surface area contributed by atoms with E-state index in [9.17, 15) is 9.59 Å². The number of hydrogen-bond donors (Lipinski definition) is 0. The number of fused-ring (bicyclic) bond motifs is 1. The lowest BCUT2D eigenvalue weighted by Gasteiger charge is -2.11. The van der Waals surface area contributed by atoms with Crippen molar-refractivity contribution in [3.63, 3.8) is 0 Å². The van der Waals surface area contributed by atoms with Gasteiger partial charge in [0.1, 0.15) is 6.04 Å². The highest BCUT2D eigenvalue weighted by Crippen LogP contribution is 2.23. The van der Waals surface area contributed by atoms with E-state index in [-0.39, 0.29) is 12.4 Å². The van der Waals surface area contributed by atoms with E-state index in [2.05, 4.69) is 10.1 Å². The first-order valence-electron chi connectivity index (χ1n) is 7.76. The lowest BCUT2D eigenvalue weighted by atomic mass is 10.3. The Morgan fingerprint density at radius 1 is 1.31 bits per heavy atom. The van der Waals surface area contributed by atoms with Crippen molar-refractivity contribution in [2.24, 2.45) is 0 Å². The molecule has 3 heterocycles. The number of esters is 1. The summed E-state index contributed by atoms with van der Waals surface area (Å²) >= 11 is 1.47. The highest BCUT2D eigenvalue weighted by molar-refractivity contribution is 7.13. The summed E-state index contributed by atoms with van der Waals surface area (Å²) in [6.45, 7) is 1.42. The van der Waals surface area contributed by atoms with E-state index in [1.165, 1.54) is 15.9 Å². The molecule has 0 aliphatic heterocycles. The number of aromatic nitrogens is 3. The van der Waals surface area contributed by atoms with Crippen LogP contribution in [-0.4, -0.2) is 20.7 Å². The van der Waals surface area contributed by atoms with Gasteiger partial charge in [-0.25, -0.2) is 9.59 Å². The minimum absolute atomic E-state index is 0.150. The smallest absolute Gasteiger partial charge is 0.420 e. The van der Waals surface area contributed by atoms with E-state index >= 15 is 0 Å². The van der Waals surface area contributed by atoms with Gasteiger partial charge in [0.15, 0.2) is 12.2 Å². The van der Waals surface area contributed by atoms with Gasteiger partial charge in [0.2, 0.25) is 5.82 Å². The SMILES string of the molecule is CC(C(=O)OCc1noc(-c2cccs2)n1)n1c(=O)oc2ccccc21. The summed E-state index contributed by atoms with van der Waals surface area (Å²) in [5.74, 6) is -0.592. The van der Waals surface area contributed by atoms with Crippen LogP contribution in [0.15, 0.2) is 55.5 Å². The fraction of sp³-hybridized carbons (Fsp3) is 0.176. The summed E-state index contributed by atoms with van der Waals surface area (Å²) in [5.41, 5.74) is 0.942. The van der Waals surface area contributed by atoms with Crippen molar-refractivity contribution >= 4 is 28.4 Å². The zero-order valence-corrected chi connectivity index (χ0v) is 14.4. The maximum absolute atomic E-state index is 12.3. The van der Waals surface area contributed by atoms with Gasteiger partial charge in [0, 0.05) is 0 Å². The highest BCUT2D eigenvalue weighted by atomic mass is 32.1. The third kappa shape index (κ3) is 2.93. The largest absolute Gasteiger partial charge is 0.456 e. The second-order valence-corrected chi connectivity index (χ2v) is 6.43. The maximum atomic E-state index is 12.3. The van der Waals surface area contributed by atoms with Crippen molar-refractivity contribution in [2.75, 3.05) is 0 Å². The van der Waals surface area contributed by atoms with Crippen LogP contribution in [0.25, 0.3) is 21.9 Å². The molecule has 1 unspecified atom stereocenters. The van der Waals surface area contributed by atoms with Gasteiger partial charge in [0.25, 0.3) is 5.89 Å². The molecule has 0 saturated heterocycles. The van der Waals surface area contributed by atoms with Gasteiger partial charge in [0.05, 0.1) is 10.4 Å². The van der Waals surface area contributed by atoms with Gasteiger partial charge in [-0.15, -0.1) is 11.3 Å². The second kappa shape index (κ2) is 6.60. The fourth-order valence-corrected chi connectivity index (χ4v) is 3.17. The molecule has 0 fully saturated rings. The maximum Gasteiger partial charge on any atom is 0.420 e. The molecule has 1 atom stereocenters. The van der Waals surface area contributed by atoms with Gasteiger partial charge in [-0.05, 0) is 30.5 Å². The van der Waals surface area contributed by atoms with Crippen LogP contribution in [0.2, 0.25) is 0 Å². The molecule has 0 saturated carbocycles. The molecular weight excluding hydrogens is 358 g/mol. The molecule has 8 nitrogen and oxygen atoms in total. The zero-order chi connectivity index (χ0) is 18.1. The van der Waals surface area contributed by atoms with Crippen molar-refractivity contribution in [1.29, 1.82) is 0 Å². The Kier molecular flexibility index (Phi) is 4.13. The van der Waals surface area contributed by atoms with Crippen LogP contribution >= 0.6 is 11.3 Å². The van der Waals surface area contributed by atoms with E-state index in [0.717, 1.165) is 4.88 Å². The molecule has 0 spiro atoms. The fourth-order valence-electron chi connectivity index (χ4n) is 2.53. The standard InChI is InChI=1S/C17H13N3O5S/c1-10(20-11-5-2-3-6-12(11)24-17(20)22)16(21)23-9-14-18-15(25-19-14)13-7-4-8-26-13/h2-8,10H,9H2,1H3. The van der Waals surface area contributed by atoms with Crippen molar-refractivity contribution in [3.05, 3.63) is 58.2 Å². The minimum atomic E-state index is -0.852. The van der Waals surface area contributed by atoms with Crippen LogP contribution in [-0.2, 0) is 16.1 Å². The normalized spacial score (nSPS) is 12.3. The third-order valence-electron chi connectivity index (χ3n) is 3.79. The molecule has 0 N–H and O–H groups in total. The molecule has 0 radical (unpaired) electrons. The molecule has 0 bridgehead atoms. The number of carbonyl (C=O) groups excluding carboxylic acids is 1. The lowest BCUT2D eigenvalue weighted by Crippen LogP contribution is -2.26. The highest BCUT2D eigenvalue weighted by Gasteiger charge is 2.23. The van der Waals surface area contributed by atoms with Gasteiger partial charge >= 0.3 is 11.7 Å². The molecule has 9 heteroatoms. The number of nitrogens with zero attached hydrogens (tertiary/aromatic N) is 3. The Labute approximate surface area is 150 Å². The van der Waals surface area contributed by atoms with Gasteiger partial charge < -0.3 is 13.7 Å². The van der Waals surface area contributed by atoms with Gasteiger partial charge in [-0.2, -0.15) is 4.98 Å². The molecule has 4 rings (SSSR count). The van der Waals surface area contributed by atoms with E-state index < -0.39 is 17.8 Å². The van der Waals surface area contributed by atoms with Crippen LogP contribution in [0.4, 0.5) is 0 Å². The zero-order valence-electron chi connectivity index (χ0n) is 13.6. The first-order valence-corrected chi connectivity index (χ1v) is 8.64. The summed E-state index contributed by atoms with van der Waals surface area (Å²) in [5, 5.41) is 5.69. The van der Waals surface area contributed by atoms with Crippen molar-refractivity contribution in [2.45, 2.75) is 19.6 Å². The van der Waals surface area contributed by atoms with Crippen LogP contribution in [0, 0.1) is 0 Å². The summed E-state index contributed by atoms with van der Waals surface area (Å²) < 4.78 is 16.8. The van der Waals surface area contributed by atoms with Crippen LogP contribution < -0.4 is 5.76 Å². The molecule has 132 valence electrons. The number of carbonyl (C=O) groups is 1. The van der Waals surface area contributed by atoms with Gasteiger partial charge in [-0.1, -0.05) is 23.4 Å². The Balaban J connectivity index is 1.48. The van der Waals surface area contributed by atoms with E-state index in [1.807, 2.05) is 17.5 Å². The predicted molar refractivity (Wildman–Crippen MR) is 92.6 cm³/mol. The quantitative estimate of drug-likeness (QED) is 0.497. The molecule has 0 aliphatic rings. The number of benzene rings is 1. The minimum Gasteiger partial charge on any atom is -0.456 e. The van der Waals surface area contributed by atoms with Crippen LogP contribution in [0.1, 0.15) is 18.8 Å². The van der Waals surface area contributed by atoms with Crippen molar-refractivity contribution < 1.29 is 18.5 Å². The van der Waals surface area contributed by atoms with Crippen LogP contribution in [0.5, 0.6) is 0 Å². The number of ether oxygens (including phenoxy) is 1. The topological polar surface area (TPSA) is 100 Å².